The number of carbonyl (C=O) groups is 2. The highest BCUT2D eigenvalue weighted by molar-refractivity contribution is 5.89. The molecule has 0 spiro atoms. The van der Waals surface area contributed by atoms with Crippen LogP contribution >= 0.6 is 0 Å². The molecule has 21 heavy (non-hydrogen) atoms. The van der Waals surface area contributed by atoms with Crippen molar-refractivity contribution >= 4 is 17.9 Å². The number of rotatable bonds is 3. The van der Waals surface area contributed by atoms with Gasteiger partial charge in [0.15, 0.2) is 0 Å². The van der Waals surface area contributed by atoms with Gasteiger partial charge in [-0.05, 0) is 25.0 Å². The number of anilines is 1. The Morgan fingerprint density at radius 3 is 2.62 bits per heavy atom. The van der Waals surface area contributed by atoms with Crippen LogP contribution < -0.4 is 5.32 Å². The third-order valence-corrected chi connectivity index (χ3v) is 3.46. The summed E-state index contributed by atoms with van der Waals surface area (Å²) in [6.07, 6.45) is 2.88. The Hall–Kier alpha value is -2.31. The van der Waals surface area contributed by atoms with Gasteiger partial charge in [0.1, 0.15) is 5.82 Å². The molecule has 1 saturated heterocycles. The maximum Gasteiger partial charge on any atom is 0.409 e. The van der Waals surface area contributed by atoms with Crippen molar-refractivity contribution < 1.29 is 19.1 Å². The lowest BCUT2D eigenvalue weighted by molar-refractivity contribution is 0.0600. The highest BCUT2D eigenvalue weighted by atomic mass is 16.5. The lowest BCUT2D eigenvalue weighted by atomic mass is 10.1. The molecule has 0 aliphatic carbocycles. The predicted molar refractivity (Wildman–Crippen MR) is 76.2 cm³/mol. The molecular weight excluding hydrogens is 274 g/mol. The lowest BCUT2D eigenvalue weighted by Gasteiger charge is -2.31. The molecular formula is C14H19N3O4. The van der Waals surface area contributed by atoms with E-state index in [4.69, 9.17) is 4.74 Å². The van der Waals surface area contributed by atoms with Gasteiger partial charge in [-0.15, -0.1) is 0 Å². The minimum Gasteiger partial charge on any atom is -0.465 e. The molecule has 1 aromatic heterocycles. The standard InChI is InChI=1S/C14H19N3O4/c1-20-13(18)10-3-6-15-12(9-10)16-11-4-7-17(8-5-11)14(19)21-2/h3,6,9,11H,4-5,7-8H2,1-2H3,(H,15,16). The van der Waals surface area contributed by atoms with Crippen molar-refractivity contribution in [1.82, 2.24) is 9.88 Å². The maximum atomic E-state index is 11.5. The van der Waals surface area contributed by atoms with E-state index in [0.717, 1.165) is 12.8 Å². The fourth-order valence-electron chi connectivity index (χ4n) is 2.30. The Bertz CT molecular complexity index is 513. The summed E-state index contributed by atoms with van der Waals surface area (Å²) in [5, 5.41) is 3.28. The van der Waals surface area contributed by atoms with Crippen LogP contribution in [0, 0.1) is 0 Å². The second-order valence-electron chi connectivity index (χ2n) is 4.80. The van der Waals surface area contributed by atoms with Crippen LogP contribution in [0.2, 0.25) is 0 Å². The topological polar surface area (TPSA) is 80.8 Å². The van der Waals surface area contributed by atoms with Crippen LogP contribution in [0.3, 0.4) is 0 Å². The molecule has 1 aromatic rings. The van der Waals surface area contributed by atoms with E-state index in [1.807, 2.05) is 0 Å². The van der Waals surface area contributed by atoms with Crippen LogP contribution in [0.5, 0.6) is 0 Å². The smallest absolute Gasteiger partial charge is 0.409 e. The molecule has 0 aromatic carbocycles. The van der Waals surface area contributed by atoms with Gasteiger partial charge < -0.3 is 19.7 Å². The number of aromatic nitrogens is 1. The van der Waals surface area contributed by atoms with Crippen molar-refractivity contribution in [3.63, 3.8) is 0 Å². The summed E-state index contributed by atoms with van der Waals surface area (Å²) < 4.78 is 9.38. The van der Waals surface area contributed by atoms with Gasteiger partial charge in [0.05, 0.1) is 19.8 Å². The molecule has 0 saturated carbocycles. The van der Waals surface area contributed by atoms with Gasteiger partial charge in [-0.3, -0.25) is 0 Å². The summed E-state index contributed by atoms with van der Waals surface area (Å²) in [5.74, 6) is 0.246. The van der Waals surface area contributed by atoms with Crippen molar-refractivity contribution in [3.05, 3.63) is 23.9 Å². The first kappa shape index (κ1) is 15.1. The molecule has 1 N–H and O–H groups in total. The number of ether oxygens (including phenoxy) is 2. The van der Waals surface area contributed by atoms with Gasteiger partial charge in [-0.25, -0.2) is 14.6 Å². The quantitative estimate of drug-likeness (QED) is 0.851. The van der Waals surface area contributed by atoms with Gasteiger partial charge in [-0.1, -0.05) is 0 Å². The number of likely N-dealkylation sites (tertiary alicyclic amines) is 1. The SMILES string of the molecule is COC(=O)c1ccnc(NC2CCN(C(=O)OC)CC2)c1. The molecule has 1 fully saturated rings. The summed E-state index contributed by atoms with van der Waals surface area (Å²) >= 11 is 0. The van der Waals surface area contributed by atoms with E-state index in [1.54, 1.807) is 23.2 Å². The molecule has 7 heteroatoms. The molecule has 114 valence electrons. The average Bonchev–Trinajstić information content (AvgIpc) is 2.54. The number of carbonyl (C=O) groups excluding carboxylic acids is 2. The van der Waals surface area contributed by atoms with Gasteiger partial charge in [0.2, 0.25) is 0 Å². The molecule has 2 rings (SSSR count). The van der Waals surface area contributed by atoms with Crippen molar-refractivity contribution in [2.24, 2.45) is 0 Å². The minimum absolute atomic E-state index is 0.214. The zero-order valence-corrected chi connectivity index (χ0v) is 12.2. The monoisotopic (exact) mass is 293 g/mol. The molecule has 1 aliphatic rings. The van der Waals surface area contributed by atoms with Crippen LogP contribution in [-0.2, 0) is 9.47 Å². The Kier molecular flexibility index (Phi) is 4.97. The normalized spacial score (nSPS) is 15.4. The van der Waals surface area contributed by atoms with E-state index in [1.165, 1.54) is 14.2 Å². The van der Waals surface area contributed by atoms with E-state index in [0.29, 0.717) is 24.5 Å². The van der Waals surface area contributed by atoms with Crippen molar-refractivity contribution in [2.45, 2.75) is 18.9 Å². The zero-order valence-electron chi connectivity index (χ0n) is 12.2. The number of methoxy groups -OCH3 is 2. The van der Waals surface area contributed by atoms with Crippen LogP contribution in [0.15, 0.2) is 18.3 Å². The minimum atomic E-state index is -0.388. The number of hydrogen-bond acceptors (Lipinski definition) is 6. The number of esters is 1. The van der Waals surface area contributed by atoms with Crippen LogP contribution in [-0.4, -0.2) is 55.3 Å². The summed E-state index contributed by atoms with van der Waals surface area (Å²) in [6, 6.07) is 3.49. The molecule has 0 atom stereocenters. The number of hydrogen-bond donors (Lipinski definition) is 1. The summed E-state index contributed by atoms with van der Waals surface area (Å²) in [5.41, 5.74) is 0.460. The Labute approximate surface area is 123 Å². The first-order chi connectivity index (χ1) is 10.1. The fourth-order valence-corrected chi connectivity index (χ4v) is 2.30. The Morgan fingerprint density at radius 2 is 2.00 bits per heavy atom. The average molecular weight is 293 g/mol. The number of nitrogens with zero attached hydrogens (tertiary/aromatic N) is 2. The predicted octanol–water partition coefficient (Wildman–Crippen LogP) is 1.51. The van der Waals surface area contributed by atoms with Gasteiger partial charge in [0, 0.05) is 25.3 Å². The largest absolute Gasteiger partial charge is 0.465 e. The number of nitrogens with one attached hydrogen (secondary N) is 1. The molecule has 2 heterocycles. The molecule has 0 bridgehead atoms. The summed E-state index contributed by atoms with van der Waals surface area (Å²) in [7, 11) is 2.73. The summed E-state index contributed by atoms with van der Waals surface area (Å²) in [4.78, 5) is 28.8. The first-order valence-corrected chi connectivity index (χ1v) is 6.78. The van der Waals surface area contributed by atoms with Crippen molar-refractivity contribution in [3.8, 4) is 0 Å². The fraction of sp³-hybridized carbons (Fsp3) is 0.500. The Balaban J connectivity index is 1.92. The number of amides is 1. The van der Waals surface area contributed by atoms with Gasteiger partial charge in [0.25, 0.3) is 0 Å². The van der Waals surface area contributed by atoms with E-state index >= 15 is 0 Å². The molecule has 7 nitrogen and oxygen atoms in total. The maximum absolute atomic E-state index is 11.5. The lowest BCUT2D eigenvalue weighted by Crippen LogP contribution is -2.42. The summed E-state index contributed by atoms with van der Waals surface area (Å²) in [6.45, 7) is 1.28. The highest BCUT2D eigenvalue weighted by Gasteiger charge is 2.23. The molecule has 0 radical (unpaired) electrons. The van der Waals surface area contributed by atoms with Crippen LogP contribution in [0.25, 0.3) is 0 Å². The van der Waals surface area contributed by atoms with Crippen LogP contribution in [0.1, 0.15) is 23.2 Å². The second-order valence-corrected chi connectivity index (χ2v) is 4.80. The third kappa shape index (κ3) is 3.84. The van der Waals surface area contributed by atoms with Crippen molar-refractivity contribution in [2.75, 3.05) is 32.6 Å². The zero-order chi connectivity index (χ0) is 15.2. The first-order valence-electron chi connectivity index (χ1n) is 6.78. The third-order valence-electron chi connectivity index (χ3n) is 3.46. The van der Waals surface area contributed by atoms with Gasteiger partial charge >= 0.3 is 12.1 Å². The second kappa shape index (κ2) is 6.92. The van der Waals surface area contributed by atoms with Gasteiger partial charge in [-0.2, -0.15) is 0 Å². The van der Waals surface area contributed by atoms with E-state index < -0.39 is 0 Å². The van der Waals surface area contributed by atoms with E-state index in [2.05, 4.69) is 15.0 Å². The molecule has 0 unspecified atom stereocenters. The number of pyridine rings is 1. The van der Waals surface area contributed by atoms with Crippen molar-refractivity contribution in [1.29, 1.82) is 0 Å². The molecule has 1 amide bonds. The highest BCUT2D eigenvalue weighted by Crippen LogP contribution is 2.16. The van der Waals surface area contributed by atoms with Crippen LogP contribution in [0.4, 0.5) is 10.6 Å². The Morgan fingerprint density at radius 1 is 1.29 bits per heavy atom. The number of piperidine rings is 1. The van der Waals surface area contributed by atoms with E-state index in [9.17, 15) is 9.59 Å². The molecule has 1 aliphatic heterocycles. The van der Waals surface area contributed by atoms with E-state index in [-0.39, 0.29) is 18.1 Å².